The van der Waals surface area contributed by atoms with Crippen LogP contribution in [-0.4, -0.2) is 82.1 Å². The maximum absolute atomic E-state index is 13.6. The number of anilines is 3. The van der Waals surface area contributed by atoms with Gasteiger partial charge >= 0.3 is 0 Å². The maximum atomic E-state index is 13.6. The van der Waals surface area contributed by atoms with E-state index in [1.54, 1.807) is 14.2 Å². The second kappa shape index (κ2) is 13.9. The van der Waals surface area contributed by atoms with Crippen LogP contribution in [0.2, 0.25) is 0 Å². The third-order valence-electron chi connectivity index (χ3n) is 8.53. The fourth-order valence-corrected chi connectivity index (χ4v) is 6.62. The molecule has 2 fully saturated rings. The van der Waals surface area contributed by atoms with Crippen molar-refractivity contribution in [3.63, 3.8) is 0 Å². The van der Waals surface area contributed by atoms with E-state index in [9.17, 15) is 9.59 Å². The summed E-state index contributed by atoms with van der Waals surface area (Å²) in [6, 6.07) is 15.8. The number of halogens is 1. The number of carbonyl (C=O) groups is 2. The highest BCUT2D eigenvalue weighted by Gasteiger charge is 2.28. The third-order valence-corrected chi connectivity index (χ3v) is 9.19. The monoisotopic (exact) mass is 663 g/mol. The first-order valence-corrected chi connectivity index (χ1v) is 16.0. The molecule has 0 saturated carbocycles. The normalized spacial score (nSPS) is 15.6. The number of methoxy groups -OCH3 is 2. The number of ether oxygens (including phenoxy) is 2. The van der Waals surface area contributed by atoms with E-state index in [-0.39, 0.29) is 11.8 Å². The Hall–Kier alpha value is -3.76. The van der Waals surface area contributed by atoms with Gasteiger partial charge in [-0.2, -0.15) is 0 Å². The molecule has 0 atom stereocenters. The molecule has 2 saturated heterocycles. The number of benzene rings is 3. The fraction of sp³-hybridized carbons (Fsp3) is 0.412. The zero-order valence-electron chi connectivity index (χ0n) is 26.3. The zero-order valence-corrected chi connectivity index (χ0v) is 27.9. The number of likely N-dealkylation sites (N-methyl/N-ethyl adjacent to an activating group) is 1. The number of piperidine rings is 1. The Morgan fingerprint density at radius 3 is 2.16 bits per heavy atom. The highest BCUT2D eigenvalue weighted by molar-refractivity contribution is 9.10. The summed E-state index contributed by atoms with van der Waals surface area (Å²) in [5, 5.41) is 1.88. The van der Waals surface area contributed by atoms with E-state index in [4.69, 9.17) is 9.47 Å². The summed E-state index contributed by atoms with van der Waals surface area (Å²) in [6.45, 7) is 8.55. The van der Waals surface area contributed by atoms with Gasteiger partial charge in [-0.25, -0.2) is 0 Å². The molecule has 1 N–H and O–H groups in total. The van der Waals surface area contributed by atoms with E-state index in [0.29, 0.717) is 24.4 Å². The van der Waals surface area contributed by atoms with E-state index < -0.39 is 0 Å². The van der Waals surface area contributed by atoms with E-state index in [1.165, 1.54) is 13.3 Å². The predicted molar refractivity (Wildman–Crippen MR) is 179 cm³/mol. The molecule has 3 aromatic carbocycles. The van der Waals surface area contributed by atoms with Crippen LogP contribution >= 0.6 is 15.9 Å². The molecule has 10 heteroatoms. The topological polar surface area (TPSA) is 77.6 Å². The summed E-state index contributed by atoms with van der Waals surface area (Å²) in [4.78, 5) is 32.7. The average molecular weight is 665 g/mol. The van der Waals surface area contributed by atoms with Crippen molar-refractivity contribution in [2.24, 2.45) is 0 Å². The van der Waals surface area contributed by atoms with Crippen molar-refractivity contribution < 1.29 is 19.1 Å². The summed E-state index contributed by atoms with van der Waals surface area (Å²) < 4.78 is 12.0. The van der Waals surface area contributed by atoms with Crippen LogP contribution in [0.15, 0.2) is 53.0 Å². The van der Waals surface area contributed by atoms with Gasteiger partial charge in [-0.05, 0) is 92.4 Å². The fourth-order valence-electron chi connectivity index (χ4n) is 6.06. The maximum Gasteiger partial charge on any atom is 0.257 e. The number of piperazine rings is 1. The summed E-state index contributed by atoms with van der Waals surface area (Å²) in [7, 11) is 5.31. The van der Waals surface area contributed by atoms with Gasteiger partial charge in [0.05, 0.1) is 36.8 Å². The Kier molecular flexibility index (Phi) is 10.0. The van der Waals surface area contributed by atoms with Gasteiger partial charge in [0.2, 0.25) is 5.91 Å². The molecule has 2 heterocycles. The van der Waals surface area contributed by atoms with Gasteiger partial charge in [-0.15, -0.1) is 0 Å². The van der Waals surface area contributed by atoms with Gasteiger partial charge in [0.1, 0.15) is 11.5 Å². The van der Waals surface area contributed by atoms with Crippen molar-refractivity contribution in [3.05, 3.63) is 64.1 Å². The quantitative estimate of drug-likeness (QED) is 0.296. The van der Waals surface area contributed by atoms with Crippen LogP contribution in [-0.2, 0) is 4.79 Å². The third kappa shape index (κ3) is 6.66. The smallest absolute Gasteiger partial charge is 0.257 e. The molecule has 0 spiro atoms. The Labute approximate surface area is 268 Å². The summed E-state index contributed by atoms with van der Waals surface area (Å²) in [5.41, 5.74) is 9.24. The minimum Gasteiger partial charge on any atom is -0.497 e. The van der Waals surface area contributed by atoms with E-state index >= 15 is 0 Å². The molecule has 0 aromatic heterocycles. The zero-order chi connectivity index (χ0) is 31.4. The van der Waals surface area contributed by atoms with Gasteiger partial charge in [-0.1, -0.05) is 22.0 Å². The second-order valence-electron chi connectivity index (χ2n) is 11.5. The predicted octanol–water partition coefficient (Wildman–Crippen LogP) is 6.01. The minimum atomic E-state index is -0.176. The second-order valence-corrected chi connectivity index (χ2v) is 12.3. The van der Waals surface area contributed by atoms with Gasteiger partial charge in [0, 0.05) is 50.7 Å². The molecule has 44 heavy (non-hydrogen) atoms. The molecule has 2 amide bonds. The number of hydrogen-bond donors (Lipinski definition) is 1. The molecule has 0 bridgehead atoms. The molecule has 234 valence electrons. The molecule has 3 aromatic rings. The molecule has 0 aliphatic carbocycles. The highest BCUT2D eigenvalue weighted by Crippen LogP contribution is 2.45. The molecule has 0 radical (unpaired) electrons. The molecule has 2 aliphatic heterocycles. The number of amides is 2. The van der Waals surface area contributed by atoms with Crippen LogP contribution in [0.3, 0.4) is 0 Å². The molecule has 0 unspecified atom stereocenters. The van der Waals surface area contributed by atoms with Crippen molar-refractivity contribution in [1.29, 1.82) is 0 Å². The standard InChI is InChI=1S/C34H42BrN5O4/c1-23-27(28-22-32(44-5)29(21-30(28)35)34(42)39-19-17-37(3)18-20-39)13-14-31(38-15-7-6-8-16-38)33(23)40(36-24(2)41)25-9-11-26(43-4)12-10-25/h9-14,21-22H,6-8,15-20H2,1-5H3,(H,36,41). The highest BCUT2D eigenvalue weighted by atomic mass is 79.9. The molecule has 5 rings (SSSR count). The molecular formula is C34H42BrN5O4. The van der Waals surface area contributed by atoms with Crippen LogP contribution in [0.25, 0.3) is 11.1 Å². The largest absolute Gasteiger partial charge is 0.497 e. The van der Waals surface area contributed by atoms with Gasteiger partial charge in [0.25, 0.3) is 5.91 Å². The van der Waals surface area contributed by atoms with Gasteiger partial charge < -0.3 is 24.2 Å². The Morgan fingerprint density at radius 2 is 1.55 bits per heavy atom. The Balaban J connectivity index is 1.63. The van der Waals surface area contributed by atoms with Crippen molar-refractivity contribution in [1.82, 2.24) is 15.2 Å². The van der Waals surface area contributed by atoms with E-state index in [2.05, 4.69) is 57.3 Å². The lowest BCUT2D eigenvalue weighted by molar-refractivity contribution is -0.118. The SMILES string of the molecule is COc1ccc(N(NC(C)=O)c2c(N3CCCCC3)ccc(-c3cc(OC)c(C(=O)N4CCN(C)CC4)cc3Br)c2C)cc1. The van der Waals surface area contributed by atoms with Crippen LogP contribution in [0, 0.1) is 6.92 Å². The first-order valence-electron chi connectivity index (χ1n) is 15.2. The Morgan fingerprint density at radius 1 is 0.864 bits per heavy atom. The van der Waals surface area contributed by atoms with Crippen LogP contribution < -0.4 is 24.8 Å². The molecular weight excluding hydrogens is 622 g/mol. The van der Waals surface area contributed by atoms with Gasteiger partial charge in [0.15, 0.2) is 0 Å². The summed E-state index contributed by atoms with van der Waals surface area (Å²) >= 11 is 3.80. The summed E-state index contributed by atoms with van der Waals surface area (Å²) in [6.07, 6.45) is 3.45. The van der Waals surface area contributed by atoms with Crippen LogP contribution in [0.4, 0.5) is 17.1 Å². The number of carbonyl (C=O) groups excluding carboxylic acids is 2. The minimum absolute atomic E-state index is 0.0311. The number of hydrazine groups is 1. The summed E-state index contributed by atoms with van der Waals surface area (Å²) in [5.74, 6) is 1.06. The Bertz CT molecular complexity index is 1500. The van der Waals surface area contributed by atoms with Crippen molar-refractivity contribution in [2.45, 2.75) is 33.1 Å². The van der Waals surface area contributed by atoms with Crippen molar-refractivity contribution >= 4 is 44.8 Å². The van der Waals surface area contributed by atoms with Crippen LogP contribution in [0.5, 0.6) is 11.5 Å². The van der Waals surface area contributed by atoms with Gasteiger partial charge in [-0.3, -0.25) is 20.0 Å². The van der Waals surface area contributed by atoms with Crippen LogP contribution in [0.1, 0.15) is 42.1 Å². The van der Waals surface area contributed by atoms with Crippen molar-refractivity contribution in [3.8, 4) is 22.6 Å². The lowest BCUT2D eigenvalue weighted by Crippen LogP contribution is -2.47. The first kappa shape index (κ1) is 31.7. The lowest BCUT2D eigenvalue weighted by atomic mass is 9.95. The average Bonchev–Trinajstić information content (AvgIpc) is 3.04. The number of nitrogens with one attached hydrogen (secondary N) is 1. The number of nitrogens with zero attached hydrogens (tertiary/aromatic N) is 4. The number of rotatable bonds is 8. The van der Waals surface area contributed by atoms with E-state index in [0.717, 1.165) is 83.0 Å². The molecule has 2 aliphatic rings. The molecule has 9 nitrogen and oxygen atoms in total. The van der Waals surface area contributed by atoms with E-state index in [1.807, 2.05) is 46.3 Å². The first-order chi connectivity index (χ1) is 21.2. The lowest BCUT2D eigenvalue weighted by Gasteiger charge is -2.36. The van der Waals surface area contributed by atoms with Crippen molar-refractivity contribution in [2.75, 3.05) is 70.4 Å². The number of hydrogen-bond acceptors (Lipinski definition) is 7.